The van der Waals surface area contributed by atoms with Crippen molar-refractivity contribution in [1.29, 1.82) is 0 Å². The number of aliphatic hydroxyl groups is 1. The third-order valence-corrected chi connectivity index (χ3v) is 1.88. The van der Waals surface area contributed by atoms with Crippen LogP contribution >= 0.6 is 0 Å². The van der Waals surface area contributed by atoms with Crippen LogP contribution in [0.15, 0.2) is 24.3 Å². The summed E-state index contributed by atoms with van der Waals surface area (Å²) in [5.41, 5.74) is 2.17. The fraction of sp³-hybridized carbons (Fsp3) is 0.400. The predicted molar refractivity (Wildman–Crippen MR) is 51.9 cm³/mol. The molecule has 66 valence electrons. The molecule has 0 aliphatic carbocycles. The lowest BCUT2D eigenvalue weighted by Gasteiger charge is -2.25. The van der Waals surface area contributed by atoms with E-state index in [1.807, 2.05) is 24.3 Å². The van der Waals surface area contributed by atoms with Gasteiger partial charge in [-0.15, -0.1) is 0 Å². The normalized spacial score (nSPS) is 11.7. The topological polar surface area (TPSA) is 20.2 Å². The minimum atomic E-state index is 0.117. The maximum Gasteiger partial charge on any atom is 0.137 e. The number of aliphatic hydroxyl groups excluding tert-OH is 1. The zero-order valence-corrected chi connectivity index (χ0v) is 7.91. The van der Waals surface area contributed by atoms with Crippen LogP contribution in [-0.4, -0.2) is 26.2 Å². The van der Waals surface area contributed by atoms with Crippen molar-refractivity contribution in [2.24, 2.45) is 0 Å². The van der Waals surface area contributed by atoms with Gasteiger partial charge in [0.2, 0.25) is 0 Å². The van der Waals surface area contributed by atoms with E-state index in [-0.39, 0.29) is 6.61 Å². The highest BCUT2D eigenvalue weighted by Crippen LogP contribution is 2.21. The van der Waals surface area contributed by atoms with Crippen molar-refractivity contribution in [1.82, 2.24) is 4.48 Å². The maximum absolute atomic E-state index is 9.07. The molecule has 1 aromatic rings. The van der Waals surface area contributed by atoms with Crippen molar-refractivity contribution in [2.45, 2.75) is 6.61 Å². The molecule has 0 spiro atoms. The Morgan fingerprint density at radius 1 is 1.17 bits per heavy atom. The Kier molecular flexibility index (Phi) is 2.50. The smallest absolute Gasteiger partial charge is 0.137 e. The zero-order chi connectivity index (χ0) is 9.19. The van der Waals surface area contributed by atoms with E-state index in [1.165, 1.54) is 5.69 Å². The summed E-state index contributed by atoms with van der Waals surface area (Å²) in [6, 6.07) is 7.95. The molecule has 0 unspecified atom stereocenters. The molecular formula is C10H16NO+. The van der Waals surface area contributed by atoms with Gasteiger partial charge in [-0.25, -0.2) is 0 Å². The Bertz CT molecular complexity index is 263. The summed E-state index contributed by atoms with van der Waals surface area (Å²) in [6.07, 6.45) is 0. The minimum Gasteiger partial charge on any atom is -0.391 e. The molecule has 2 heteroatoms. The first kappa shape index (κ1) is 9.23. The van der Waals surface area contributed by atoms with Crippen LogP contribution in [0.25, 0.3) is 0 Å². The molecule has 0 atom stereocenters. The molecule has 0 aromatic heterocycles. The zero-order valence-electron chi connectivity index (χ0n) is 7.91. The van der Waals surface area contributed by atoms with Gasteiger partial charge in [-0.05, 0) is 6.07 Å². The van der Waals surface area contributed by atoms with E-state index in [0.29, 0.717) is 0 Å². The average molecular weight is 166 g/mol. The SMILES string of the molecule is C[N+](C)(C)c1ccccc1CO. The van der Waals surface area contributed by atoms with Crippen LogP contribution in [0.3, 0.4) is 0 Å². The molecule has 12 heavy (non-hydrogen) atoms. The molecule has 0 aliphatic heterocycles. The Labute approximate surface area is 73.7 Å². The first-order valence-electron chi connectivity index (χ1n) is 4.06. The van der Waals surface area contributed by atoms with Crippen LogP contribution in [-0.2, 0) is 6.61 Å². The number of nitrogens with zero attached hydrogens (tertiary/aromatic N) is 1. The molecule has 0 bridgehead atoms. The Morgan fingerprint density at radius 2 is 1.75 bits per heavy atom. The Hall–Kier alpha value is -0.860. The molecule has 0 saturated carbocycles. The number of quaternary nitrogens is 1. The van der Waals surface area contributed by atoms with Crippen LogP contribution < -0.4 is 4.48 Å². The molecule has 1 N–H and O–H groups in total. The van der Waals surface area contributed by atoms with Crippen molar-refractivity contribution < 1.29 is 5.11 Å². The minimum absolute atomic E-state index is 0.117. The van der Waals surface area contributed by atoms with Gasteiger partial charge in [-0.1, -0.05) is 18.2 Å². The highest BCUT2D eigenvalue weighted by molar-refractivity contribution is 5.48. The van der Waals surface area contributed by atoms with E-state index in [4.69, 9.17) is 5.11 Å². The third-order valence-electron chi connectivity index (χ3n) is 1.88. The number of benzene rings is 1. The van der Waals surface area contributed by atoms with Crippen molar-refractivity contribution >= 4 is 5.69 Å². The second kappa shape index (κ2) is 3.25. The van der Waals surface area contributed by atoms with Crippen molar-refractivity contribution in [2.75, 3.05) is 21.1 Å². The van der Waals surface area contributed by atoms with E-state index in [2.05, 4.69) is 21.1 Å². The summed E-state index contributed by atoms with van der Waals surface area (Å²) >= 11 is 0. The van der Waals surface area contributed by atoms with Crippen molar-refractivity contribution in [3.05, 3.63) is 29.8 Å². The second-order valence-electron chi connectivity index (χ2n) is 3.80. The second-order valence-corrected chi connectivity index (χ2v) is 3.80. The number of rotatable bonds is 2. The standard InChI is InChI=1S/C10H16NO/c1-11(2,3)10-7-5-4-6-9(10)8-12/h4-7,12H,8H2,1-3H3/q+1. The maximum atomic E-state index is 9.07. The molecule has 0 aliphatic rings. The first-order chi connectivity index (χ1) is 5.55. The van der Waals surface area contributed by atoms with E-state index in [1.54, 1.807) is 0 Å². The molecule has 1 aromatic carbocycles. The van der Waals surface area contributed by atoms with Gasteiger partial charge >= 0.3 is 0 Å². The predicted octanol–water partition coefficient (Wildman–Crippen LogP) is 1.38. The van der Waals surface area contributed by atoms with Crippen LogP contribution in [0.4, 0.5) is 5.69 Å². The summed E-state index contributed by atoms with van der Waals surface area (Å²) in [6.45, 7) is 0.117. The van der Waals surface area contributed by atoms with Gasteiger partial charge < -0.3 is 5.11 Å². The van der Waals surface area contributed by atoms with Gasteiger partial charge in [0.1, 0.15) is 5.69 Å². The lowest BCUT2D eigenvalue weighted by atomic mass is 10.1. The summed E-state index contributed by atoms with van der Waals surface area (Å²) in [5, 5.41) is 9.07. The first-order valence-corrected chi connectivity index (χ1v) is 4.06. The molecule has 0 fully saturated rings. The molecule has 0 heterocycles. The fourth-order valence-electron chi connectivity index (χ4n) is 1.30. The van der Waals surface area contributed by atoms with Gasteiger partial charge in [0.25, 0.3) is 0 Å². The quantitative estimate of drug-likeness (QED) is 0.658. The average Bonchev–Trinajstić information content (AvgIpc) is 2.03. The molecule has 0 saturated heterocycles. The monoisotopic (exact) mass is 166 g/mol. The van der Waals surface area contributed by atoms with Gasteiger partial charge in [-0.2, -0.15) is 0 Å². The van der Waals surface area contributed by atoms with Crippen LogP contribution in [0.2, 0.25) is 0 Å². The van der Waals surface area contributed by atoms with Gasteiger partial charge in [-0.3, -0.25) is 4.48 Å². The van der Waals surface area contributed by atoms with Gasteiger partial charge in [0.15, 0.2) is 0 Å². The number of para-hydroxylation sites is 1. The highest BCUT2D eigenvalue weighted by atomic mass is 16.3. The summed E-state index contributed by atoms with van der Waals surface area (Å²) in [5.74, 6) is 0. The summed E-state index contributed by atoms with van der Waals surface area (Å²) in [4.78, 5) is 0. The van der Waals surface area contributed by atoms with Crippen LogP contribution in [0.5, 0.6) is 0 Å². The summed E-state index contributed by atoms with van der Waals surface area (Å²) in [7, 11) is 6.28. The Balaban J connectivity index is 3.14. The lowest BCUT2D eigenvalue weighted by Crippen LogP contribution is -2.35. The van der Waals surface area contributed by atoms with E-state index >= 15 is 0 Å². The molecule has 1 rings (SSSR count). The molecule has 0 radical (unpaired) electrons. The largest absolute Gasteiger partial charge is 0.391 e. The Morgan fingerprint density at radius 3 is 2.17 bits per heavy atom. The third kappa shape index (κ3) is 1.84. The molecular weight excluding hydrogens is 150 g/mol. The van der Waals surface area contributed by atoms with E-state index in [0.717, 1.165) is 10.0 Å². The molecule has 0 amide bonds. The highest BCUT2D eigenvalue weighted by Gasteiger charge is 2.15. The lowest BCUT2D eigenvalue weighted by molar-refractivity contribution is 0.279. The van der Waals surface area contributed by atoms with Gasteiger partial charge in [0.05, 0.1) is 27.7 Å². The van der Waals surface area contributed by atoms with Crippen LogP contribution in [0, 0.1) is 0 Å². The summed E-state index contributed by atoms with van der Waals surface area (Å²) < 4.78 is 0.747. The van der Waals surface area contributed by atoms with Gasteiger partial charge in [0, 0.05) is 5.56 Å². The van der Waals surface area contributed by atoms with Crippen molar-refractivity contribution in [3.63, 3.8) is 0 Å². The van der Waals surface area contributed by atoms with Crippen molar-refractivity contribution in [3.8, 4) is 0 Å². The van der Waals surface area contributed by atoms with Crippen LogP contribution in [0.1, 0.15) is 5.56 Å². The fourth-order valence-corrected chi connectivity index (χ4v) is 1.30. The van der Waals surface area contributed by atoms with E-state index in [9.17, 15) is 0 Å². The molecule has 2 nitrogen and oxygen atoms in total. The number of hydrogen-bond acceptors (Lipinski definition) is 1. The van der Waals surface area contributed by atoms with E-state index < -0.39 is 0 Å². The number of hydrogen-bond donors (Lipinski definition) is 1.